The predicted molar refractivity (Wildman–Crippen MR) is 510 cm³/mol. The maximum Gasteiger partial charge on any atom is 0.316 e. The summed E-state index contributed by atoms with van der Waals surface area (Å²) in [5.41, 5.74) is 12.8. The number of amides is 18. The second-order valence-corrected chi connectivity index (χ2v) is 48.5. The van der Waals surface area contributed by atoms with Crippen molar-refractivity contribution in [3.05, 3.63) is 35.9 Å². The van der Waals surface area contributed by atoms with E-state index in [9.17, 15) is 86.3 Å². The summed E-state index contributed by atoms with van der Waals surface area (Å²) >= 11 is 0. The van der Waals surface area contributed by atoms with Crippen LogP contribution >= 0.6 is 0 Å². The molecule has 1 aromatic carbocycles. The van der Waals surface area contributed by atoms with E-state index < -0.39 is 188 Å². The number of rotatable bonds is 36. The fourth-order valence-electron chi connectivity index (χ4n) is 20.3. The molecule has 36 nitrogen and oxygen atoms in total. The lowest BCUT2D eigenvalue weighted by Gasteiger charge is -2.39. The first-order valence-corrected chi connectivity index (χ1v) is 48.8. The van der Waals surface area contributed by atoms with Gasteiger partial charge in [-0.15, -0.1) is 0 Å². The van der Waals surface area contributed by atoms with E-state index in [-0.39, 0.29) is 99.2 Å². The normalized spacial score (nSPS) is 24.4. The van der Waals surface area contributed by atoms with E-state index in [1.807, 2.05) is 190 Å². The number of benzene rings is 1. The van der Waals surface area contributed by atoms with E-state index in [2.05, 4.69) is 61.7 Å². The van der Waals surface area contributed by atoms with Gasteiger partial charge in [-0.1, -0.05) is 228 Å². The van der Waals surface area contributed by atoms with Crippen LogP contribution in [0.15, 0.2) is 30.3 Å². The van der Waals surface area contributed by atoms with Crippen molar-refractivity contribution < 1.29 is 86.3 Å². The number of fused-ring (bicyclic) bond motifs is 3. The highest BCUT2D eigenvalue weighted by molar-refractivity contribution is 6.39. The summed E-state index contributed by atoms with van der Waals surface area (Å²) in [5.74, 6) is -8.45. The number of carbonyl (C=O) groups excluding carboxylic acids is 18. The highest BCUT2D eigenvalue weighted by Gasteiger charge is 2.73. The standard InChI is InChI=1S/C36H54N6O6.C33H54N6O6.C31H52N6O6/c1-34(2,3)27(31(46)41(9)18-21-13-11-10-12-14-21)39-33(48)40-28(35(4,5)6)32(47)42-19-22-24(36(22,7)8)25(42)30(45)38-23(17-20-15-16-20)26(43)29(37)44;1-31(2,3)24(28(43)38(9)15-18-12-13-18)36-30(45)37-25(32(4,5)6)29(44)39-16-19-21(33(19,7)8)22(39)27(42)35-20(14-17-10-11-17)23(40)26(34)41;1-15(2)21(27(41)36(10)16(3)4)34-29(43)35-24(30(5,6)7)28(42)37-14-18-20(31(18,8)9)22(37)26(40)33-19(13-17-11-12-17)23(38)25(32)39/h10-14,20,22-25,27-28H,15-19H2,1-9H3,(H2,37,44)(H,38,45)(H2,39,40,48);17-22,24-25H,10-16H2,1-9H3,(H2,34,41)(H,35,42)(H2,36,37,45);15-22,24H,11-14H2,1-10H3,(H2,32,39)(H,33,40)(H2,34,35,43)/t22-,23?,24-,25-,27+,28+;19-,20?,21-,22-,24+,25+;18-,19?,20-,21-,22-,24+/m000/s1. The number of piperidine rings is 3. The second-order valence-electron chi connectivity index (χ2n) is 48.5. The van der Waals surface area contributed by atoms with Crippen molar-refractivity contribution in [1.29, 1.82) is 0 Å². The number of primary amides is 3. The molecule has 0 bridgehead atoms. The summed E-state index contributed by atoms with van der Waals surface area (Å²) in [7, 11) is 5.12. The lowest BCUT2D eigenvalue weighted by molar-refractivity contribution is -0.145. The molecule has 3 heterocycles. The Labute approximate surface area is 803 Å². The quantitative estimate of drug-likeness (QED) is 0.0352. The molecule has 136 heavy (non-hydrogen) atoms. The summed E-state index contributed by atoms with van der Waals surface area (Å²) in [6, 6.07) is -3.78. The van der Waals surface area contributed by atoms with Gasteiger partial charge in [0.25, 0.3) is 17.7 Å². The molecule has 0 aromatic heterocycles. The molecule has 7 aliphatic carbocycles. The molecule has 3 saturated heterocycles. The summed E-state index contributed by atoms with van der Waals surface area (Å²) < 4.78 is 0. The highest BCUT2D eigenvalue weighted by Crippen LogP contribution is 2.67. The van der Waals surface area contributed by atoms with Crippen molar-refractivity contribution >= 4 is 106 Å². The van der Waals surface area contributed by atoms with E-state index >= 15 is 0 Å². The fourth-order valence-corrected chi connectivity index (χ4v) is 20.3. The zero-order valence-corrected chi connectivity index (χ0v) is 85.8. The zero-order valence-electron chi connectivity index (χ0n) is 85.8. The van der Waals surface area contributed by atoms with Crippen LogP contribution in [0.1, 0.15) is 249 Å². The number of carbonyl (C=O) groups is 18. The van der Waals surface area contributed by atoms with Crippen LogP contribution in [0.2, 0.25) is 0 Å². The van der Waals surface area contributed by atoms with Crippen molar-refractivity contribution in [2.24, 2.45) is 126 Å². The fraction of sp³-hybridized carbons (Fsp3) is 0.760. The molecule has 10 fully saturated rings. The van der Waals surface area contributed by atoms with Crippen LogP contribution in [0.3, 0.4) is 0 Å². The van der Waals surface area contributed by atoms with E-state index in [0.717, 1.165) is 56.9 Å². The molecule has 10 aliphatic rings. The SMILES string of the molecule is CC(C)[C@H](NC(=O)N[C@H](C(=O)N1C[C@H]2[C@@H]([C@H]1C(=O)NC(CC1CC1)C(=O)C(N)=O)C2(C)C)C(C)(C)C)C(=O)N(C)C(C)C.CN(CC1CC1)C(=O)[C@@H](NC(=O)N[C@H](C(=O)N1C[C@H]2[C@@H]([C@H]1C(=O)NC(CC1CC1)C(=O)C(N)=O)C2(C)C)C(C)(C)C)C(C)(C)C.CN(Cc1ccccc1)C(=O)[C@@H](NC(=O)N[C@H](C(=O)N1C[C@H]2[C@@H]([C@H]1C(=O)NC(CC1CC1)C(=O)C(N)=O)C2(C)C)C(C)(C)C)C(C)(C)C. The van der Waals surface area contributed by atoms with Crippen molar-refractivity contribution in [3.8, 4) is 0 Å². The number of nitrogens with two attached hydrogens (primary N) is 3. The topological polar surface area (TPSA) is 513 Å². The largest absolute Gasteiger partial charge is 0.363 e. The Hall–Kier alpha value is -10.3. The highest BCUT2D eigenvalue weighted by atomic mass is 16.2. The third-order valence-corrected chi connectivity index (χ3v) is 30.2. The maximum absolute atomic E-state index is 14.4. The molecule has 7 saturated carbocycles. The molecule has 0 spiro atoms. The number of hydrogen-bond donors (Lipinski definition) is 12. The third-order valence-electron chi connectivity index (χ3n) is 30.2. The lowest BCUT2D eigenvalue weighted by Crippen LogP contribution is -2.63. The first-order valence-electron chi connectivity index (χ1n) is 48.8. The number of likely N-dealkylation sites (N-methyl/N-ethyl adjacent to an activating group) is 3. The molecule has 36 heteroatoms. The number of hydrogen-bond acceptors (Lipinski definition) is 18. The van der Waals surface area contributed by atoms with Gasteiger partial charge in [-0.05, 0) is 160 Å². The van der Waals surface area contributed by atoms with Crippen LogP contribution in [-0.2, 0) is 78.5 Å². The van der Waals surface area contributed by atoms with Gasteiger partial charge in [-0.2, -0.15) is 0 Å². The van der Waals surface area contributed by atoms with Gasteiger partial charge in [-0.3, -0.25) is 71.9 Å². The maximum atomic E-state index is 14.4. The van der Waals surface area contributed by atoms with Gasteiger partial charge in [0, 0.05) is 59.9 Å². The third kappa shape index (κ3) is 26.4. The number of urea groups is 3. The van der Waals surface area contributed by atoms with Crippen molar-refractivity contribution in [2.45, 2.75) is 329 Å². The Morgan fingerprint density at radius 3 is 0.882 bits per heavy atom. The average molecular weight is 1900 g/mol. The first-order chi connectivity index (χ1) is 62.5. The molecule has 15 N–H and O–H groups in total. The number of likely N-dealkylation sites (tertiary alicyclic amines) is 3. The number of Topliss-reactive ketones (excluding diaryl/α,β-unsaturated/α-hetero) is 3. The molecular formula is C100H160N18O18. The van der Waals surface area contributed by atoms with Crippen LogP contribution in [-0.4, -0.2) is 262 Å². The van der Waals surface area contributed by atoms with Crippen molar-refractivity contribution in [2.75, 3.05) is 47.3 Å². The van der Waals surface area contributed by atoms with Crippen LogP contribution in [0.5, 0.6) is 0 Å². The summed E-state index contributed by atoms with van der Waals surface area (Å²) in [5, 5.41) is 25.2. The Morgan fingerprint density at radius 2 is 0.632 bits per heavy atom. The first kappa shape index (κ1) is 109. The summed E-state index contributed by atoms with van der Waals surface area (Å²) in [4.78, 5) is 247. The summed E-state index contributed by atoms with van der Waals surface area (Å²) in [6.45, 7) is 49.4. The van der Waals surface area contributed by atoms with Crippen molar-refractivity contribution in [1.82, 2.24) is 77.3 Å². The second kappa shape index (κ2) is 41.4. The molecule has 18 amide bonds. The minimum atomic E-state index is -1.11. The Balaban J connectivity index is 0.000000229. The molecule has 758 valence electrons. The number of nitrogens with one attached hydrogen (secondary N) is 9. The van der Waals surface area contributed by atoms with Gasteiger partial charge in [-0.25, -0.2) is 14.4 Å². The van der Waals surface area contributed by atoms with Crippen LogP contribution in [0, 0.1) is 108 Å². The van der Waals surface area contributed by atoms with E-state index in [1.54, 1.807) is 35.8 Å². The van der Waals surface area contributed by atoms with Gasteiger partial charge in [0.15, 0.2) is 0 Å². The lowest BCUT2D eigenvalue weighted by atomic mass is 9.84. The molecule has 18 atom stereocenters. The minimum absolute atomic E-state index is 0.0569. The van der Waals surface area contributed by atoms with Crippen LogP contribution < -0.4 is 65.1 Å². The monoisotopic (exact) mass is 1900 g/mol. The minimum Gasteiger partial charge on any atom is -0.363 e. The van der Waals surface area contributed by atoms with Gasteiger partial charge in [0.2, 0.25) is 70.5 Å². The van der Waals surface area contributed by atoms with Gasteiger partial charge in [0.1, 0.15) is 54.4 Å². The summed E-state index contributed by atoms with van der Waals surface area (Å²) in [6.07, 6.45) is 8.69. The zero-order chi connectivity index (χ0) is 103. The Kier molecular flexibility index (Phi) is 33.3. The molecule has 0 radical (unpaired) electrons. The van der Waals surface area contributed by atoms with Crippen LogP contribution in [0.4, 0.5) is 14.4 Å². The van der Waals surface area contributed by atoms with Gasteiger partial charge < -0.3 is 94.5 Å². The van der Waals surface area contributed by atoms with Gasteiger partial charge >= 0.3 is 18.1 Å². The van der Waals surface area contributed by atoms with Crippen molar-refractivity contribution in [3.63, 3.8) is 0 Å². The van der Waals surface area contributed by atoms with Gasteiger partial charge in [0.05, 0.1) is 18.1 Å². The van der Waals surface area contributed by atoms with E-state index in [1.165, 1.54) is 14.7 Å². The molecular weight excluding hydrogens is 1740 g/mol. The molecule has 3 unspecified atom stereocenters. The Morgan fingerprint density at radius 1 is 0.368 bits per heavy atom. The van der Waals surface area contributed by atoms with E-state index in [4.69, 9.17) is 17.2 Å². The predicted octanol–water partition coefficient (Wildman–Crippen LogP) is 5.82. The molecule has 3 aliphatic heterocycles. The average Bonchev–Trinajstić information content (AvgIpc) is 1.53. The molecule has 11 rings (SSSR count). The smallest absolute Gasteiger partial charge is 0.316 e. The number of ketones is 3. The number of nitrogens with zero attached hydrogens (tertiary/aromatic N) is 6. The molecule has 1 aromatic rings. The van der Waals surface area contributed by atoms with E-state index in [0.29, 0.717) is 57.9 Å². The Bertz CT molecular complexity index is 4710. The van der Waals surface area contributed by atoms with Crippen LogP contribution in [0.25, 0.3) is 0 Å².